The minimum atomic E-state index is 0.213. The first-order valence-corrected chi connectivity index (χ1v) is 5.93. The number of nitriles is 1. The second kappa shape index (κ2) is 7.70. The van der Waals surface area contributed by atoms with Crippen molar-refractivity contribution in [2.75, 3.05) is 20.3 Å². The van der Waals surface area contributed by atoms with Crippen LogP contribution in [0.3, 0.4) is 0 Å². The minimum absolute atomic E-state index is 0.213. The van der Waals surface area contributed by atoms with Crippen LogP contribution in [-0.4, -0.2) is 26.4 Å². The third-order valence-corrected chi connectivity index (χ3v) is 2.35. The maximum absolute atomic E-state index is 8.84. The number of hydrogen-bond acceptors (Lipinski definition) is 4. The molecule has 0 saturated heterocycles. The van der Waals surface area contributed by atoms with Crippen LogP contribution in [0.25, 0.3) is 0 Å². The average Bonchev–Trinajstić information content (AvgIpc) is 2.37. The molecule has 4 nitrogen and oxygen atoms in total. The van der Waals surface area contributed by atoms with Crippen LogP contribution in [0.4, 0.5) is 0 Å². The van der Waals surface area contributed by atoms with E-state index in [4.69, 9.17) is 19.5 Å². The number of rotatable bonds is 7. The molecule has 0 aromatic heterocycles. The Morgan fingerprint density at radius 2 is 2.06 bits per heavy atom. The molecule has 18 heavy (non-hydrogen) atoms. The Labute approximate surface area is 108 Å². The fraction of sp³-hybridized carbons (Fsp3) is 0.500. The van der Waals surface area contributed by atoms with E-state index in [2.05, 4.69) is 6.07 Å². The highest BCUT2D eigenvalue weighted by atomic mass is 16.5. The molecule has 0 aliphatic heterocycles. The van der Waals surface area contributed by atoms with Gasteiger partial charge in [0.05, 0.1) is 44.7 Å². The Hall–Kier alpha value is -1.57. The standard InChI is InChI=1S/C14H19NO3/c1-11(2)18-7-6-17-10-13-8-12(9-15)4-5-14(13)16-3/h4-5,8,11H,6-7,10H2,1-3H3. The number of methoxy groups -OCH3 is 1. The fourth-order valence-electron chi connectivity index (χ4n) is 1.49. The molecule has 98 valence electrons. The SMILES string of the molecule is COc1ccc(C#N)cc1COCCOC(C)C. The number of nitrogens with zero attached hydrogens (tertiary/aromatic N) is 1. The van der Waals surface area contributed by atoms with Gasteiger partial charge in [0, 0.05) is 5.56 Å². The molecule has 0 saturated carbocycles. The maximum atomic E-state index is 8.84. The zero-order valence-corrected chi connectivity index (χ0v) is 11.1. The first-order chi connectivity index (χ1) is 8.67. The Morgan fingerprint density at radius 1 is 1.28 bits per heavy atom. The van der Waals surface area contributed by atoms with Gasteiger partial charge >= 0.3 is 0 Å². The van der Waals surface area contributed by atoms with Crippen LogP contribution in [0, 0.1) is 11.3 Å². The number of benzene rings is 1. The molecule has 0 heterocycles. The van der Waals surface area contributed by atoms with Crippen LogP contribution in [-0.2, 0) is 16.1 Å². The third kappa shape index (κ3) is 4.74. The van der Waals surface area contributed by atoms with E-state index in [0.29, 0.717) is 25.4 Å². The highest BCUT2D eigenvalue weighted by Gasteiger charge is 2.04. The summed E-state index contributed by atoms with van der Waals surface area (Å²) in [6.07, 6.45) is 0.213. The fourth-order valence-corrected chi connectivity index (χ4v) is 1.49. The lowest BCUT2D eigenvalue weighted by Crippen LogP contribution is -2.09. The van der Waals surface area contributed by atoms with Crippen molar-refractivity contribution in [2.45, 2.75) is 26.6 Å². The van der Waals surface area contributed by atoms with Crippen molar-refractivity contribution in [3.8, 4) is 11.8 Å². The van der Waals surface area contributed by atoms with E-state index in [-0.39, 0.29) is 6.10 Å². The van der Waals surface area contributed by atoms with Crippen LogP contribution in [0.15, 0.2) is 18.2 Å². The summed E-state index contributed by atoms with van der Waals surface area (Å²) in [7, 11) is 1.60. The zero-order valence-electron chi connectivity index (χ0n) is 11.1. The zero-order chi connectivity index (χ0) is 13.4. The molecule has 0 aliphatic rings. The van der Waals surface area contributed by atoms with E-state index < -0.39 is 0 Å². The van der Waals surface area contributed by atoms with E-state index in [1.807, 2.05) is 13.8 Å². The largest absolute Gasteiger partial charge is 0.496 e. The monoisotopic (exact) mass is 249 g/mol. The van der Waals surface area contributed by atoms with Gasteiger partial charge in [-0.15, -0.1) is 0 Å². The molecule has 0 aliphatic carbocycles. The Bertz CT molecular complexity index is 410. The molecule has 0 unspecified atom stereocenters. The van der Waals surface area contributed by atoms with E-state index in [9.17, 15) is 0 Å². The molecule has 1 aromatic rings. The molecule has 0 amide bonds. The van der Waals surface area contributed by atoms with Gasteiger partial charge in [0.2, 0.25) is 0 Å². The van der Waals surface area contributed by atoms with Crippen molar-refractivity contribution >= 4 is 0 Å². The molecule has 0 N–H and O–H groups in total. The van der Waals surface area contributed by atoms with Gasteiger partial charge < -0.3 is 14.2 Å². The second-order valence-corrected chi connectivity index (χ2v) is 4.11. The molecular formula is C14H19NO3. The summed E-state index contributed by atoms with van der Waals surface area (Å²) in [5.41, 5.74) is 1.48. The van der Waals surface area contributed by atoms with E-state index >= 15 is 0 Å². The van der Waals surface area contributed by atoms with Crippen molar-refractivity contribution in [3.63, 3.8) is 0 Å². The van der Waals surface area contributed by atoms with Gasteiger partial charge in [-0.3, -0.25) is 0 Å². The van der Waals surface area contributed by atoms with Gasteiger partial charge in [-0.1, -0.05) is 0 Å². The van der Waals surface area contributed by atoms with Crippen LogP contribution >= 0.6 is 0 Å². The summed E-state index contributed by atoms with van der Waals surface area (Å²) in [6.45, 7) is 5.48. The first kappa shape index (κ1) is 14.5. The summed E-state index contributed by atoms with van der Waals surface area (Å²) in [4.78, 5) is 0. The van der Waals surface area contributed by atoms with Crippen molar-refractivity contribution < 1.29 is 14.2 Å². The minimum Gasteiger partial charge on any atom is -0.496 e. The third-order valence-electron chi connectivity index (χ3n) is 2.35. The van der Waals surface area contributed by atoms with Gasteiger partial charge in [0.15, 0.2) is 0 Å². The lowest BCUT2D eigenvalue weighted by atomic mass is 10.1. The highest BCUT2D eigenvalue weighted by Crippen LogP contribution is 2.20. The number of hydrogen-bond donors (Lipinski definition) is 0. The Balaban J connectivity index is 2.48. The van der Waals surface area contributed by atoms with Crippen molar-refractivity contribution in [1.82, 2.24) is 0 Å². The van der Waals surface area contributed by atoms with Gasteiger partial charge in [0.25, 0.3) is 0 Å². The van der Waals surface area contributed by atoms with E-state index in [1.54, 1.807) is 25.3 Å². The predicted octanol–water partition coefficient (Wildman–Crippen LogP) is 2.51. The van der Waals surface area contributed by atoms with Crippen LogP contribution in [0.5, 0.6) is 5.75 Å². The Kier molecular flexibility index (Phi) is 6.20. The quantitative estimate of drug-likeness (QED) is 0.697. The predicted molar refractivity (Wildman–Crippen MR) is 68.5 cm³/mol. The van der Waals surface area contributed by atoms with E-state index in [0.717, 1.165) is 11.3 Å². The molecule has 0 radical (unpaired) electrons. The second-order valence-electron chi connectivity index (χ2n) is 4.11. The van der Waals surface area contributed by atoms with Crippen molar-refractivity contribution in [2.24, 2.45) is 0 Å². The van der Waals surface area contributed by atoms with Gasteiger partial charge in [-0.25, -0.2) is 0 Å². The molecule has 0 spiro atoms. The summed E-state index contributed by atoms with van der Waals surface area (Å²) < 4.78 is 16.1. The molecule has 1 aromatic carbocycles. The Morgan fingerprint density at radius 3 is 2.67 bits per heavy atom. The summed E-state index contributed by atoms with van der Waals surface area (Å²) in [5.74, 6) is 0.735. The van der Waals surface area contributed by atoms with Gasteiger partial charge in [-0.05, 0) is 32.0 Å². The van der Waals surface area contributed by atoms with Crippen molar-refractivity contribution in [1.29, 1.82) is 5.26 Å². The molecule has 4 heteroatoms. The van der Waals surface area contributed by atoms with E-state index in [1.165, 1.54) is 0 Å². The normalized spacial score (nSPS) is 10.4. The smallest absolute Gasteiger partial charge is 0.124 e. The highest BCUT2D eigenvalue weighted by molar-refractivity contribution is 5.41. The first-order valence-electron chi connectivity index (χ1n) is 5.93. The molecular weight excluding hydrogens is 230 g/mol. The van der Waals surface area contributed by atoms with Gasteiger partial charge in [-0.2, -0.15) is 5.26 Å². The lowest BCUT2D eigenvalue weighted by Gasteiger charge is -2.11. The van der Waals surface area contributed by atoms with Crippen LogP contribution < -0.4 is 4.74 Å². The molecule has 0 fully saturated rings. The average molecular weight is 249 g/mol. The lowest BCUT2D eigenvalue weighted by molar-refractivity contribution is 0.0139. The topological polar surface area (TPSA) is 51.5 Å². The number of ether oxygens (including phenoxy) is 3. The summed E-state index contributed by atoms with van der Waals surface area (Å²) >= 11 is 0. The molecule has 0 atom stereocenters. The molecule has 0 bridgehead atoms. The summed E-state index contributed by atoms with van der Waals surface area (Å²) in [6, 6.07) is 7.39. The van der Waals surface area contributed by atoms with Crippen LogP contribution in [0.2, 0.25) is 0 Å². The van der Waals surface area contributed by atoms with Crippen molar-refractivity contribution in [3.05, 3.63) is 29.3 Å². The van der Waals surface area contributed by atoms with Crippen LogP contribution in [0.1, 0.15) is 25.0 Å². The summed E-state index contributed by atoms with van der Waals surface area (Å²) in [5, 5.41) is 8.84. The maximum Gasteiger partial charge on any atom is 0.124 e. The molecule has 1 rings (SSSR count). The van der Waals surface area contributed by atoms with Gasteiger partial charge in [0.1, 0.15) is 5.75 Å².